The van der Waals surface area contributed by atoms with Crippen molar-refractivity contribution in [2.45, 2.75) is 20.0 Å². The van der Waals surface area contributed by atoms with Crippen molar-refractivity contribution >= 4 is 14.5 Å². The fourth-order valence-corrected chi connectivity index (χ4v) is 2.08. The third-order valence-corrected chi connectivity index (χ3v) is 2.72. The summed E-state index contributed by atoms with van der Waals surface area (Å²) in [5.74, 6) is -0.393. The van der Waals surface area contributed by atoms with Crippen LogP contribution in [0.15, 0.2) is 0 Å². The standard InChI is InChI=1S/C6H15NO3Si/c1-4-9-11(2,3)10-6(8)5-7/h4-5,7H2,1-3H3. The highest BCUT2D eigenvalue weighted by atomic mass is 28.4. The molecule has 0 rings (SSSR count). The van der Waals surface area contributed by atoms with Crippen molar-refractivity contribution in [1.29, 1.82) is 0 Å². The van der Waals surface area contributed by atoms with E-state index in [2.05, 4.69) is 0 Å². The topological polar surface area (TPSA) is 61.5 Å². The van der Waals surface area contributed by atoms with Crippen LogP contribution in [0.25, 0.3) is 0 Å². The Kier molecular flexibility index (Phi) is 4.32. The number of carbonyl (C=O) groups excluding carboxylic acids is 1. The predicted molar refractivity (Wildman–Crippen MR) is 44.3 cm³/mol. The molecular formula is C6H15NO3Si. The summed E-state index contributed by atoms with van der Waals surface area (Å²) in [4.78, 5) is 10.7. The highest BCUT2D eigenvalue weighted by Crippen LogP contribution is 2.05. The molecule has 0 fully saturated rings. The minimum absolute atomic E-state index is 0.0799. The van der Waals surface area contributed by atoms with Crippen LogP contribution in [0, 0.1) is 0 Å². The fraction of sp³-hybridized carbons (Fsp3) is 0.833. The zero-order valence-electron chi connectivity index (χ0n) is 7.22. The lowest BCUT2D eigenvalue weighted by atomic mass is 10.7. The molecule has 0 aromatic rings. The van der Waals surface area contributed by atoms with Gasteiger partial charge in [0, 0.05) is 6.61 Å². The summed E-state index contributed by atoms with van der Waals surface area (Å²) in [6, 6.07) is 0. The van der Waals surface area contributed by atoms with Crippen molar-refractivity contribution in [3.05, 3.63) is 0 Å². The van der Waals surface area contributed by atoms with Crippen molar-refractivity contribution in [3.63, 3.8) is 0 Å². The third kappa shape index (κ3) is 4.94. The molecule has 0 saturated carbocycles. The second kappa shape index (κ2) is 4.48. The molecule has 0 unspecified atom stereocenters. The van der Waals surface area contributed by atoms with Gasteiger partial charge in [-0.1, -0.05) is 0 Å². The normalized spacial score (nSPS) is 11.3. The molecule has 0 aromatic carbocycles. The summed E-state index contributed by atoms with van der Waals surface area (Å²) in [7, 11) is -2.22. The second-order valence-corrected chi connectivity index (χ2v) is 5.80. The number of hydrogen-bond acceptors (Lipinski definition) is 4. The summed E-state index contributed by atoms with van der Waals surface area (Å²) < 4.78 is 10.2. The van der Waals surface area contributed by atoms with Gasteiger partial charge in [0.05, 0.1) is 6.54 Å². The van der Waals surface area contributed by atoms with Crippen molar-refractivity contribution in [1.82, 2.24) is 0 Å². The van der Waals surface area contributed by atoms with Crippen LogP contribution < -0.4 is 5.73 Å². The molecule has 0 amide bonds. The summed E-state index contributed by atoms with van der Waals surface area (Å²) in [5, 5.41) is 0. The Morgan fingerprint density at radius 1 is 1.55 bits per heavy atom. The van der Waals surface area contributed by atoms with Crippen LogP contribution in [0.2, 0.25) is 13.1 Å². The predicted octanol–water partition coefficient (Wildman–Crippen LogP) is 0.227. The lowest BCUT2D eigenvalue weighted by Gasteiger charge is -2.20. The Bertz CT molecular complexity index is 138. The monoisotopic (exact) mass is 177 g/mol. The lowest BCUT2D eigenvalue weighted by Crippen LogP contribution is -2.39. The Balaban J connectivity index is 3.80. The van der Waals surface area contributed by atoms with E-state index in [0.717, 1.165) is 0 Å². The van der Waals surface area contributed by atoms with E-state index in [-0.39, 0.29) is 6.54 Å². The van der Waals surface area contributed by atoms with E-state index in [0.29, 0.717) is 6.61 Å². The Labute approximate surface area is 67.9 Å². The van der Waals surface area contributed by atoms with Crippen molar-refractivity contribution in [2.24, 2.45) is 5.73 Å². The fourth-order valence-electron chi connectivity index (χ4n) is 0.693. The first kappa shape index (κ1) is 10.6. The van der Waals surface area contributed by atoms with E-state index in [1.807, 2.05) is 20.0 Å². The van der Waals surface area contributed by atoms with E-state index >= 15 is 0 Å². The van der Waals surface area contributed by atoms with Gasteiger partial charge in [0.1, 0.15) is 0 Å². The van der Waals surface area contributed by atoms with Crippen LogP contribution >= 0.6 is 0 Å². The zero-order valence-corrected chi connectivity index (χ0v) is 8.22. The maximum atomic E-state index is 10.7. The molecule has 0 bridgehead atoms. The minimum Gasteiger partial charge on any atom is -0.493 e. The van der Waals surface area contributed by atoms with E-state index in [9.17, 15) is 4.79 Å². The van der Waals surface area contributed by atoms with Crippen LogP contribution in [-0.2, 0) is 13.6 Å². The van der Waals surface area contributed by atoms with E-state index in [1.54, 1.807) is 0 Å². The zero-order chi connectivity index (χ0) is 8.91. The van der Waals surface area contributed by atoms with Gasteiger partial charge in [-0.3, -0.25) is 4.79 Å². The highest BCUT2D eigenvalue weighted by molar-refractivity contribution is 6.66. The smallest absolute Gasteiger partial charge is 0.395 e. The van der Waals surface area contributed by atoms with Gasteiger partial charge in [-0.15, -0.1) is 0 Å². The molecule has 11 heavy (non-hydrogen) atoms. The van der Waals surface area contributed by atoms with Gasteiger partial charge in [-0.05, 0) is 20.0 Å². The summed E-state index contributed by atoms with van der Waals surface area (Å²) in [5.41, 5.74) is 5.07. The molecule has 0 radical (unpaired) electrons. The summed E-state index contributed by atoms with van der Waals surface area (Å²) in [6.07, 6.45) is 0. The summed E-state index contributed by atoms with van der Waals surface area (Å²) in [6.45, 7) is 5.97. The lowest BCUT2D eigenvalue weighted by molar-refractivity contribution is -0.134. The van der Waals surface area contributed by atoms with Gasteiger partial charge in [-0.25, -0.2) is 0 Å². The number of rotatable bonds is 4. The van der Waals surface area contributed by atoms with Crippen LogP contribution in [0.5, 0.6) is 0 Å². The molecule has 66 valence electrons. The Hall–Kier alpha value is -0.393. The molecule has 0 heterocycles. The van der Waals surface area contributed by atoms with Crippen molar-refractivity contribution in [3.8, 4) is 0 Å². The maximum Gasteiger partial charge on any atom is 0.395 e. The summed E-state index contributed by atoms with van der Waals surface area (Å²) >= 11 is 0. The third-order valence-electron chi connectivity index (χ3n) is 1.02. The van der Waals surface area contributed by atoms with Crippen LogP contribution in [0.3, 0.4) is 0 Å². The minimum atomic E-state index is -2.22. The van der Waals surface area contributed by atoms with Crippen LogP contribution in [-0.4, -0.2) is 27.7 Å². The van der Waals surface area contributed by atoms with Gasteiger partial charge >= 0.3 is 14.5 Å². The van der Waals surface area contributed by atoms with Crippen molar-refractivity contribution in [2.75, 3.05) is 13.2 Å². The van der Waals surface area contributed by atoms with E-state index in [4.69, 9.17) is 14.6 Å². The Morgan fingerprint density at radius 3 is 2.45 bits per heavy atom. The first-order chi connectivity index (χ1) is 5.02. The molecule has 0 aliphatic heterocycles. The maximum absolute atomic E-state index is 10.7. The first-order valence-electron chi connectivity index (χ1n) is 3.57. The van der Waals surface area contributed by atoms with Crippen LogP contribution in [0.1, 0.15) is 6.92 Å². The molecular weight excluding hydrogens is 162 g/mol. The second-order valence-electron chi connectivity index (χ2n) is 2.51. The van der Waals surface area contributed by atoms with E-state index < -0.39 is 14.5 Å². The number of nitrogens with two attached hydrogens (primary N) is 1. The molecule has 0 aliphatic rings. The number of carbonyl (C=O) groups is 1. The molecule has 0 aromatic heterocycles. The van der Waals surface area contributed by atoms with Gasteiger partial charge in [0.25, 0.3) is 0 Å². The quantitative estimate of drug-likeness (QED) is 0.624. The van der Waals surface area contributed by atoms with Gasteiger partial charge in [0.2, 0.25) is 0 Å². The molecule has 0 saturated heterocycles. The van der Waals surface area contributed by atoms with Gasteiger partial charge in [-0.2, -0.15) is 0 Å². The average Bonchev–Trinajstić information content (AvgIpc) is 1.86. The molecule has 0 spiro atoms. The average molecular weight is 177 g/mol. The van der Waals surface area contributed by atoms with Crippen molar-refractivity contribution < 1.29 is 13.6 Å². The molecule has 0 aliphatic carbocycles. The largest absolute Gasteiger partial charge is 0.493 e. The molecule has 0 atom stereocenters. The van der Waals surface area contributed by atoms with Gasteiger partial charge < -0.3 is 14.6 Å². The Morgan fingerprint density at radius 2 is 2.09 bits per heavy atom. The van der Waals surface area contributed by atoms with E-state index in [1.165, 1.54) is 0 Å². The number of hydrogen-bond donors (Lipinski definition) is 1. The highest BCUT2D eigenvalue weighted by Gasteiger charge is 2.27. The SMILES string of the molecule is CCO[Si](C)(C)OC(=O)CN. The van der Waals surface area contributed by atoms with Crippen LogP contribution in [0.4, 0.5) is 0 Å². The van der Waals surface area contributed by atoms with Gasteiger partial charge in [0.15, 0.2) is 0 Å². The molecule has 2 N–H and O–H groups in total. The molecule has 4 nitrogen and oxygen atoms in total. The molecule has 5 heteroatoms. The first-order valence-corrected chi connectivity index (χ1v) is 6.39.